The van der Waals surface area contributed by atoms with Crippen molar-refractivity contribution in [1.82, 2.24) is 0 Å². The maximum atomic E-state index is 4.25. The van der Waals surface area contributed by atoms with Gasteiger partial charge in [-0.1, -0.05) is 71.7 Å². The quantitative estimate of drug-likeness (QED) is 0.0642. The molecule has 7 aromatic carbocycles. The van der Waals surface area contributed by atoms with Crippen LogP contribution in [0.3, 0.4) is 0 Å². The van der Waals surface area contributed by atoms with E-state index >= 15 is 0 Å². The summed E-state index contributed by atoms with van der Waals surface area (Å²) in [5.74, 6) is 0. The first-order chi connectivity index (χ1) is 45.4. The minimum Gasteiger partial charge on any atom is -1.00 e. The van der Waals surface area contributed by atoms with Crippen LogP contribution < -0.4 is 132 Å². The number of hydrogen-bond donors (Lipinski definition) is 0. The Labute approximate surface area is 676 Å². The first kappa shape index (κ1) is 93.6. The van der Waals surface area contributed by atoms with Crippen molar-refractivity contribution in [2.75, 3.05) is 228 Å². The standard InChI is InChI=1S/2C42H63N6Si.3ClH.2Ti/c1-26-20-33(43(8)9)23-36(39(26)46(14)15)49(42-31(6)29(4)30(5)32(42)7,37-24-34(44(10)11)21-27(2)40(37)47(16)17)38-25-35(45(12)13)22-28(3)41(38)48(18)19;1-27-26-42(7,32(6)28(27)2)49(36-23-20-33(43(8)9)29(3)39(36)46(14)15,37-24-21-34(44(10)11)30(4)40(37)47(16)17)38-25-22-35(45(12)13)31(5)41(38)48(18)19;;;;;/h2*20-25H,1-19H3;3*1H;;/q2*-1;;;;;+4/p-3. The summed E-state index contributed by atoms with van der Waals surface area (Å²) in [5.41, 5.74) is 32.6. The van der Waals surface area contributed by atoms with Crippen molar-refractivity contribution in [2.45, 2.75) is 102 Å². The number of nitrogens with zero attached hydrogens (tertiary/aromatic N) is 12. The fourth-order valence-corrected chi connectivity index (χ4v) is 30.8. The Morgan fingerprint density at radius 3 is 0.748 bits per heavy atom. The molecule has 19 heteroatoms. The van der Waals surface area contributed by atoms with Crippen LogP contribution in [0, 0.1) is 75.3 Å². The van der Waals surface area contributed by atoms with Gasteiger partial charge in [-0.25, -0.2) is 5.57 Å². The molecule has 0 radical (unpaired) electrons. The smallest absolute Gasteiger partial charge is 1.00 e. The average molecular weight is 1560 g/mol. The van der Waals surface area contributed by atoms with Gasteiger partial charge in [-0.05, 0) is 161 Å². The molecule has 0 saturated carbocycles. The molecule has 560 valence electrons. The third-order valence-electron chi connectivity index (χ3n) is 22.0. The zero-order chi connectivity index (χ0) is 74.1. The largest absolute Gasteiger partial charge is 4.00 e. The van der Waals surface area contributed by atoms with E-state index in [1.807, 2.05) is 0 Å². The molecular weight excluding hydrogens is 1440 g/mol. The van der Waals surface area contributed by atoms with Crippen LogP contribution in [0.2, 0.25) is 5.04 Å². The SMILES string of the molecule is CC1=[C-]C(C)([Si](c2ccc(N(C)C)c(C)c2N(C)C)(c2ccc(N(C)C)c(C)c2N(C)C)c2ccc(N(C)C)c(C)c2N(C)C)C(C)=C1C.Cc1cc(N(C)C)cc([Si](c2cc(N(C)C)cc(C)c2N(C)C)(c2cc(N(C)C)cc(C)c2N(C)C)[c-]2c(C)c(C)c(C)c2C)c1N(C)C.[Cl-].[Cl-].[Cl-].[Ti+4].[Ti]. The zero-order valence-corrected chi connectivity index (χ0v) is 77.8. The molecule has 0 spiro atoms. The van der Waals surface area contributed by atoms with Crippen LogP contribution in [0.1, 0.15) is 83.3 Å². The van der Waals surface area contributed by atoms with E-state index in [0.29, 0.717) is 0 Å². The van der Waals surface area contributed by atoms with E-state index in [4.69, 9.17) is 0 Å². The molecule has 0 bridgehead atoms. The molecule has 7 aromatic rings. The normalized spacial score (nSPS) is 13.2. The molecule has 12 nitrogen and oxygen atoms in total. The second kappa shape index (κ2) is 35.5. The van der Waals surface area contributed by atoms with Crippen LogP contribution in [-0.2, 0) is 43.4 Å². The summed E-state index contributed by atoms with van der Waals surface area (Å²) in [6, 6.07) is 29.3. The Morgan fingerprint density at radius 1 is 0.311 bits per heavy atom. The van der Waals surface area contributed by atoms with Crippen LogP contribution >= 0.6 is 0 Å². The van der Waals surface area contributed by atoms with E-state index in [1.165, 1.54) is 177 Å². The minimum atomic E-state index is -3.25. The van der Waals surface area contributed by atoms with Crippen LogP contribution in [0.4, 0.5) is 68.2 Å². The van der Waals surface area contributed by atoms with Crippen molar-refractivity contribution in [3.05, 3.63) is 151 Å². The molecule has 103 heavy (non-hydrogen) atoms. The maximum absolute atomic E-state index is 4.25. The first-order valence-electron chi connectivity index (χ1n) is 34.9. The van der Waals surface area contributed by atoms with Crippen molar-refractivity contribution < 1.29 is 80.7 Å². The van der Waals surface area contributed by atoms with Gasteiger partial charge in [0.1, 0.15) is 8.07 Å². The molecule has 0 aromatic heterocycles. The van der Waals surface area contributed by atoms with Gasteiger partial charge in [0.25, 0.3) is 0 Å². The van der Waals surface area contributed by atoms with Crippen molar-refractivity contribution in [3.63, 3.8) is 0 Å². The average Bonchev–Trinajstić information content (AvgIpc) is 1.65. The van der Waals surface area contributed by atoms with Crippen LogP contribution in [0.5, 0.6) is 0 Å². The van der Waals surface area contributed by atoms with Gasteiger partial charge in [-0.3, -0.25) is 6.08 Å². The van der Waals surface area contributed by atoms with Gasteiger partial charge < -0.3 is 96.0 Å². The van der Waals surface area contributed by atoms with E-state index in [0.717, 1.165) is 0 Å². The van der Waals surface area contributed by atoms with E-state index < -0.39 is 21.2 Å². The molecule has 0 aliphatic heterocycles. The van der Waals surface area contributed by atoms with Gasteiger partial charge in [0.15, 0.2) is 8.07 Å². The Bertz CT molecular complexity index is 3880. The molecule has 1 aliphatic rings. The molecular formula is C84H126Cl3N12Si2Ti2-. The molecule has 0 amide bonds. The minimum absolute atomic E-state index is 0. The molecule has 0 N–H and O–H groups in total. The van der Waals surface area contributed by atoms with E-state index in [1.54, 1.807) is 0 Å². The van der Waals surface area contributed by atoms with Crippen molar-refractivity contribution in [3.8, 4) is 0 Å². The van der Waals surface area contributed by atoms with Crippen LogP contribution in [0.25, 0.3) is 0 Å². The number of aryl methyl sites for hydroxylation is 3. The zero-order valence-electron chi connectivity index (χ0n) is 70.4. The van der Waals surface area contributed by atoms with Crippen LogP contribution in [0.15, 0.2) is 89.5 Å². The summed E-state index contributed by atoms with van der Waals surface area (Å²) in [5, 5.41) is 9.62. The molecule has 1 unspecified atom stereocenters. The number of allylic oxidation sites excluding steroid dienone is 4. The molecule has 0 heterocycles. The third-order valence-corrected chi connectivity index (χ3v) is 32.7. The second-order valence-electron chi connectivity index (χ2n) is 31.0. The third kappa shape index (κ3) is 16.1. The number of rotatable bonds is 20. The van der Waals surface area contributed by atoms with E-state index in [-0.39, 0.29) is 80.7 Å². The van der Waals surface area contributed by atoms with Gasteiger partial charge in [-0.2, -0.15) is 33.4 Å². The Hall–Kier alpha value is -5.52. The number of anilines is 12. The van der Waals surface area contributed by atoms with Gasteiger partial charge in [0.2, 0.25) is 0 Å². The fourth-order valence-electron chi connectivity index (χ4n) is 17.3. The first-order valence-corrected chi connectivity index (χ1v) is 38.9. The van der Waals surface area contributed by atoms with Gasteiger partial charge in [0, 0.05) is 259 Å². The molecule has 1 aliphatic carbocycles. The summed E-state index contributed by atoms with van der Waals surface area (Å²) in [7, 11) is 46.2. The summed E-state index contributed by atoms with van der Waals surface area (Å²) in [4.78, 5) is 27.8. The molecule has 0 fully saturated rings. The molecule has 8 rings (SSSR count). The van der Waals surface area contributed by atoms with E-state index in [2.05, 4.69) is 404 Å². The summed E-state index contributed by atoms with van der Waals surface area (Å²) < 4.78 is 0. The predicted molar refractivity (Wildman–Crippen MR) is 448 cm³/mol. The predicted octanol–water partition coefficient (Wildman–Crippen LogP) is 2.68. The fraction of sp³-hybridized carbons (Fsp3) is 0.464. The Morgan fingerprint density at radius 2 is 0.553 bits per heavy atom. The second-order valence-corrected chi connectivity index (χ2v) is 38.8. The van der Waals surface area contributed by atoms with Crippen molar-refractivity contribution >= 4 is 121 Å². The summed E-state index contributed by atoms with van der Waals surface area (Å²) >= 11 is 0. The number of benzene rings is 6. The monoisotopic (exact) mass is 1560 g/mol. The van der Waals surface area contributed by atoms with E-state index in [9.17, 15) is 0 Å². The van der Waals surface area contributed by atoms with Gasteiger partial charge in [-0.15, -0.1) is 12.1 Å². The van der Waals surface area contributed by atoms with Gasteiger partial charge in [0.05, 0.1) is 0 Å². The summed E-state index contributed by atoms with van der Waals surface area (Å²) in [6.07, 6.45) is 4.25. The van der Waals surface area contributed by atoms with Gasteiger partial charge >= 0.3 is 21.7 Å². The molecule has 0 saturated heterocycles. The Kier molecular flexibility index (Phi) is 32.2. The topological polar surface area (TPSA) is 38.9 Å². The van der Waals surface area contributed by atoms with Crippen LogP contribution in [-0.4, -0.2) is 185 Å². The molecule has 1 atom stereocenters. The Balaban J connectivity index is 0.000000668. The number of hydrogen-bond acceptors (Lipinski definition) is 12. The van der Waals surface area contributed by atoms with Crippen molar-refractivity contribution in [2.24, 2.45) is 0 Å². The van der Waals surface area contributed by atoms with Crippen molar-refractivity contribution in [1.29, 1.82) is 0 Å². The number of halogens is 3. The maximum Gasteiger partial charge on any atom is 4.00 e. The summed E-state index contributed by atoms with van der Waals surface area (Å²) in [6.45, 7) is 32.7.